The number of nitro groups is 1. The molecule has 94 valence electrons. The topological polar surface area (TPSA) is 84.3 Å². The summed E-state index contributed by atoms with van der Waals surface area (Å²) in [5, 5.41) is 16.2. The molecule has 1 aromatic heterocycles. The van der Waals surface area contributed by atoms with E-state index < -0.39 is 4.92 Å². The lowest BCUT2D eigenvalue weighted by Gasteiger charge is -2.10. The van der Waals surface area contributed by atoms with E-state index in [4.69, 9.17) is 0 Å². The lowest BCUT2D eigenvalue weighted by Crippen LogP contribution is -2.31. The highest BCUT2D eigenvalue weighted by atomic mass is 32.1. The predicted octanol–water partition coefficient (Wildman–Crippen LogP) is 1.24. The molecule has 1 aromatic rings. The molecule has 17 heavy (non-hydrogen) atoms. The van der Waals surface area contributed by atoms with E-state index in [2.05, 4.69) is 10.6 Å². The number of amides is 1. The van der Waals surface area contributed by atoms with E-state index in [0.29, 0.717) is 17.3 Å². The van der Waals surface area contributed by atoms with Crippen molar-refractivity contribution in [1.29, 1.82) is 0 Å². The third kappa shape index (κ3) is 4.12. The van der Waals surface area contributed by atoms with E-state index in [-0.39, 0.29) is 10.9 Å². The van der Waals surface area contributed by atoms with E-state index in [0.717, 1.165) is 17.9 Å². The maximum atomic E-state index is 11.6. The Kier molecular flexibility index (Phi) is 5.05. The van der Waals surface area contributed by atoms with Crippen molar-refractivity contribution >= 4 is 22.2 Å². The van der Waals surface area contributed by atoms with Gasteiger partial charge in [-0.25, -0.2) is 0 Å². The molecule has 1 heterocycles. The van der Waals surface area contributed by atoms with E-state index in [1.54, 1.807) is 0 Å². The van der Waals surface area contributed by atoms with Gasteiger partial charge in [-0.3, -0.25) is 14.9 Å². The quantitative estimate of drug-likeness (QED) is 0.593. The zero-order chi connectivity index (χ0) is 12.8. The molecular weight excluding hydrogens is 242 g/mol. The van der Waals surface area contributed by atoms with Crippen LogP contribution in [0.3, 0.4) is 0 Å². The Labute approximate surface area is 103 Å². The average Bonchev–Trinajstić information content (AvgIpc) is 2.75. The van der Waals surface area contributed by atoms with E-state index in [1.807, 2.05) is 14.0 Å². The summed E-state index contributed by atoms with van der Waals surface area (Å²) in [6.45, 7) is 3.36. The van der Waals surface area contributed by atoms with Gasteiger partial charge in [0.2, 0.25) is 0 Å². The first-order valence-electron chi connectivity index (χ1n) is 5.21. The van der Waals surface area contributed by atoms with Crippen LogP contribution in [0.1, 0.15) is 16.6 Å². The molecule has 0 aliphatic heterocycles. The van der Waals surface area contributed by atoms with Gasteiger partial charge >= 0.3 is 5.00 Å². The number of rotatable bonds is 6. The molecule has 1 amide bonds. The molecule has 0 fully saturated rings. The van der Waals surface area contributed by atoms with Gasteiger partial charge in [0.1, 0.15) is 0 Å². The third-order valence-corrected chi connectivity index (χ3v) is 3.19. The van der Waals surface area contributed by atoms with Gasteiger partial charge in [-0.15, -0.1) is 0 Å². The van der Waals surface area contributed by atoms with E-state index in [1.165, 1.54) is 12.1 Å². The average molecular weight is 257 g/mol. The van der Waals surface area contributed by atoms with E-state index >= 15 is 0 Å². The Morgan fingerprint density at radius 1 is 1.53 bits per heavy atom. The first-order valence-corrected chi connectivity index (χ1v) is 6.03. The van der Waals surface area contributed by atoms with Crippen molar-refractivity contribution in [3.05, 3.63) is 27.1 Å². The number of hydrogen-bond acceptors (Lipinski definition) is 5. The second-order valence-electron chi connectivity index (χ2n) is 3.77. The normalized spacial score (nSPS) is 12.1. The molecular formula is C10H15N3O3S. The van der Waals surface area contributed by atoms with Crippen LogP contribution in [0.15, 0.2) is 12.1 Å². The Hall–Kier alpha value is -1.47. The first-order chi connectivity index (χ1) is 8.04. The van der Waals surface area contributed by atoms with Gasteiger partial charge in [-0.1, -0.05) is 18.3 Å². The molecule has 1 unspecified atom stereocenters. The summed E-state index contributed by atoms with van der Waals surface area (Å²) < 4.78 is 0. The van der Waals surface area contributed by atoms with Gasteiger partial charge in [-0.05, 0) is 25.6 Å². The summed E-state index contributed by atoms with van der Waals surface area (Å²) in [4.78, 5) is 22.0. The molecule has 0 saturated heterocycles. The zero-order valence-corrected chi connectivity index (χ0v) is 10.5. The number of hydrogen-bond donors (Lipinski definition) is 2. The molecule has 0 spiro atoms. The van der Waals surface area contributed by atoms with Crippen LogP contribution in [0.25, 0.3) is 0 Å². The van der Waals surface area contributed by atoms with Crippen LogP contribution < -0.4 is 10.6 Å². The van der Waals surface area contributed by atoms with Crippen LogP contribution in [0.2, 0.25) is 0 Å². The molecule has 0 aliphatic rings. The largest absolute Gasteiger partial charge is 0.351 e. The standard InChI is InChI=1S/C10H15N3O3S/c1-7(5-11-2)6-12-10(14)8-3-4-9(17-8)13(15)16/h3-4,7,11H,5-6H2,1-2H3,(H,12,14). The number of nitrogens with one attached hydrogen (secondary N) is 2. The summed E-state index contributed by atoms with van der Waals surface area (Å²) in [7, 11) is 1.85. The molecule has 1 rings (SSSR count). The smallest absolute Gasteiger partial charge is 0.324 e. The highest BCUT2D eigenvalue weighted by molar-refractivity contribution is 7.17. The maximum Gasteiger partial charge on any atom is 0.324 e. The predicted molar refractivity (Wildman–Crippen MR) is 66.4 cm³/mol. The van der Waals surface area contributed by atoms with E-state index in [9.17, 15) is 14.9 Å². The van der Waals surface area contributed by atoms with Crippen molar-refractivity contribution < 1.29 is 9.72 Å². The monoisotopic (exact) mass is 257 g/mol. The maximum absolute atomic E-state index is 11.6. The van der Waals surface area contributed by atoms with Crippen molar-refractivity contribution in [2.45, 2.75) is 6.92 Å². The molecule has 0 aliphatic carbocycles. The highest BCUT2D eigenvalue weighted by Gasteiger charge is 2.15. The SMILES string of the molecule is CNCC(C)CNC(=O)c1ccc([N+](=O)[O-])s1. The Balaban J connectivity index is 2.49. The summed E-state index contributed by atoms with van der Waals surface area (Å²) in [6.07, 6.45) is 0. The van der Waals surface area contributed by atoms with Crippen LogP contribution in [-0.4, -0.2) is 31.0 Å². The van der Waals surface area contributed by atoms with Gasteiger partial charge in [0, 0.05) is 12.6 Å². The number of thiophene rings is 1. The minimum Gasteiger partial charge on any atom is -0.351 e. The van der Waals surface area contributed by atoms with Crippen LogP contribution in [0, 0.1) is 16.0 Å². The molecule has 0 aromatic carbocycles. The second kappa shape index (κ2) is 6.31. The molecule has 0 saturated carbocycles. The Morgan fingerprint density at radius 3 is 2.76 bits per heavy atom. The first kappa shape index (κ1) is 13.6. The number of carbonyl (C=O) groups excluding carboxylic acids is 1. The van der Waals surface area contributed by atoms with Crippen LogP contribution in [0.5, 0.6) is 0 Å². The fraction of sp³-hybridized carbons (Fsp3) is 0.500. The van der Waals surface area contributed by atoms with Crippen LogP contribution in [-0.2, 0) is 0 Å². The van der Waals surface area contributed by atoms with Gasteiger partial charge < -0.3 is 10.6 Å². The summed E-state index contributed by atoms with van der Waals surface area (Å²) in [5.74, 6) is 0.0601. The fourth-order valence-electron chi connectivity index (χ4n) is 1.32. The summed E-state index contributed by atoms with van der Waals surface area (Å²) in [5.41, 5.74) is 0. The lowest BCUT2D eigenvalue weighted by molar-refractivity contribution is -0.380. The molecule has 2 N–H and O–H groups in total. The molecule has 7 heteroatoms. The number of carbonyl (C=O) groups is 1. The van der Waals surface area contributed by atoms with Crippen molar-refractivity contribution in [1.82, 2.24) is 10.6 Å². The highest BCUT2D eigenvalue weighted by Crippen LogP contribution is 2.23. The fourth-order valence-corrected chi connectivity index (χ4v) is 2.06. The minimum absolute atomic E-state index is 0.0153. The number of nitrogens with zero attached hydrogens (tertiary/aromatic N) is 1. The van der Waals surface area contributed by atoms with Crippen molar-refractivity contribution in [2.24, 2.45) is 5.92 Å². The van der Waals surface area contributed by atoms with Crippen LogP contribution >= 0.6 is 11.3 Å². The van der Waals surface area contributed by atoms with Crippen molar-refractivity contribution in [3.63, 3.8) is 0 Å². The van der Waals surface area contributed by atoms with Gasteiger partial charge in [0.05, 0.1) is 9.80 Å². The molecule has 0 radical (unpaired) electrons. The Bertz CT molecular complexity index is 405. The van der Waals surface area contributed by atoms with Crippen molar-refractivity contribution in [2.75, 3.05) is 20.1 Å². The second-order valence-corrected chi connectivity index (χ2v) is 4.83. The Morgan fingerprint density at radius 2 is 2.24 bits per heavy atom. The minimum atomic E-state index is -0.495. The molecule has 6 nitrogen and oxygen atoms in total. The molecule has 1 atom stereocenters. The third-order valence-electron chi connectivity index (χ3n) is 2.16. The lowest BCUT2D eigenvalue weighted by atomic mass is 10.2. The van der Waals surface area contributed by atoms with Gasteiger partial charge in [0.25, 0.3) is 5.91 Å². The van der Waals surface area contributed by atoms with Crippen molar-refractivity contribution in [3.8, 4) is 0 Å². The zero-order valence-electron chi connectivity index (χ0n) is 9.73. The van der Waals surface area contributed by atoms with Gasteiger partial charge in [0.15, 0.2) is 0 Å². The van der Waals surface area contributed by atoms with Gasteiger partial charge in [-0.2, -0.15) is 0 Å². The summed E-state index contributed by atoms with van der Waals surface area (Å²) >= 11 is 0.887. The van der Waals surface area contributed by atoms with Crippen LogP contribution in [0.4, 0.5) is 5.00 Å². The molecule has 0 bridgehead atoms. The summed E-state index contributed by atoms with van der Waals surface area (Å²) in [6, 6.07) is 2.82.